The third-order valence-corrected chi connectivity index (χ3v) is 3.87. The predicted octanol–water partition coefficient (Wildman–Crippen LogP) is 3.14. The standard InChI is InChI=1S/C18H21NO3/c1-3-11-18(2,17(21)22)19-16(20)12-14-9-6-8-13-7-4-5-10-15(13)14/h4-10H,3,11-12H2,1-2H3,(H,19,20)(H,21,22). The Morgan fingerprint density at radius 2 is 1.82 bits per heavy atom. The van der Waals surface area contributed by atoms with E-state index in [4.69, 9.17) is 0 Å². The van der Waals surface area contributed by atoms with Gasteiger partial charge >= 0.3 is 5.97 Å². The monoisotopic (exact) mass is 299 g/mol. The van der Waals surface area contributed by atoms with E-state index in [-0.39, 0.29) is 12.3 Å². The first-order valence-corrected chi connectivity index (χ1v) is 7.47. The van der Waals surface area contributed by atoms with Gasteiger partial charge in [-0.3, -0.25) is 4.79 Å². The molecule has 0 aliphatic heterocycles. The SMILES string of the molecule is CCCC(C)(NC(=O)Cc1cccc2ccccc12)C(=O)O. The molecule has 2 N–H and O–H groups in total. The topological polar surface area (TPSA) is 66.4 Å². The van der Waals surface area contributed by atoms with Crippen molar-refractivity contribution in [2.45, 2.75) is 38.6 Å². The first kappa shape index (κ1) is 16.0. The number of carbonyl (C=O) groups excluding carboxylic acids is 1. The maximum Gasteiger partial charge on any atom is 0.329 e. The molecule has 2 aromatic carbocycles. The summed E-state index contributed by atoms with van der Waals surface area (Å²) in [5.74, 6) is -1.27. The molecular formula is C18H21NO3. The third-order valence-electron chi connectivity index (χ3n) is 3.87. The Morgan fingerprint density at radius 1 is 1.14 bits per heavy atom. The molecule has 0 saturated heterocycles. The summed E-state index contributed by atoms with van der Waals surface area (Å²) in [5, 5.41) is 14.1. The number of fused-ring (bicyclic) bond motifs is 1. The molecule has 22 heavy (non-hydrogen) atoms. The summed E-state index contributed by atoms with van der Waals surface area (Å²) in [4.78, 5) is 23.7. The quantitative estimate of drug-likeness (QED) is 0.861. The van der Waals surface area contributed by atoms with Crippen molar-refractivity contribution in [1.82, 2.24) is 5.32 Å². The molecule has 1 amide bonds. The van der Waals surface area contributed by atoms with Crippen LogP contribution in [0.25, 0.3) is 10.8 Å². The highest BCUT2D eigenvalue weighted by molar-refractivity contribution is 5.92. The Labute approximate surface area is 130 Å². The number of nitrogens with one attached hydrogen (secondary N) is 1. The maximum absolute atomic E-state index is 12.3. The van der Waals surface area contributed by atoms with E-state index in [1.807, 2.05) is 49.4 Å². The van der Waals surface area contributed by atoms with Gasteiger partial charge < -0.3 is 10.4 Å². The molecule has 0 heterocycles. The Kier molecular flexibility index (Phi) is 4.81. The minimum Gasteiger partial charge on any atom is -0.480 e. The summed E-state index contributed by atoms with van der Waals surface area (Å²) in [5.41, 5.74) is -0.309. The van der Waals surface area contributed by atoms with E-state index in [0.29, 0.717) is 12.8 Å². The highest BCUT2D eigenvalue weighted by atomic mass is 16.4. The fourth-order valence-corrected chi connectivity index (χ4v) is 2.69. The van der Waals surface area contributed by atoms with Crippen molar-refractivity contribution in [2.75, 3.05) is 0 Å². The van der Waals surface area contributed by atoms with Crippen LogP contribution in [0.1, 0.15) is 32.3 Å². The minimum absolute atomic E-state index is 0.175. The second-order valence-electron chi connectivity index (χ2n) is 5.75. The third kappa shape index (κ3) is 3.45. The fraction of sp³-hybridized carbons (Fsp3) is 0.333. The second kappa shape index (κ2) is 6.60. The lowest BCUT2D eigenvalue weighted by Gasteiger charge is -2.25. The van der Waals surface area contributed by atoms with Crippen LogP contribution < -0.4 is 5.32 Å². The highest BCUT2D eigenvalue weighted by Crippen LogP contribution is 2.19. The van der Waals surface area contributed by atoms with Crippen LogP contribution in [0.5, 0.6) is 0 Å². The maximum atomic E-state index is 12.3. The van der Waals surface area contributed by atoms with Gasteiger partial charge in [0.2, 0.25) is 5.91 Å². The van der Waals surface area contributed by atoms with Gasteiger partial charge in [-0.25, -0.2) is 4.79 Å². The first-order valence-electron chi connectivity index (χ1n) is 7.47. The molecule has 0 radical (unpaired) electrons. The summed E-state index contributed by atoms with van der Waals surface area (Å²) in [6.45, 7) is 3.46. The number of hydrogen-bond donors (Lipinski definition) is 2. The Hall–Kier alpha value is -2.36. The summed E-state index contributed by atoms with van der Waals surface area (Å²) >= 11 is 0. The van der Waals surface area contributed by atoms with Crippen molar-refractivity contribution < 1.29 is 14.7 Å². The van der Waals surface area contributed by atoms with Crippen LogP contribution in [-0.4, -0.2) is 22.5 Å². The molecule has 116 valence electrons. The van der Waals surface area contributed by atoms with Gasteiger partial charge in [0.05, 0.1) is 6.42 Å². The highest BCUT2D eigenvalue weighted by Gasteiger charge is 2.33. The molecule has 2 rings (SSSR count). The van der Waals surface area contributed by atoms with Crippen LogP contribution in [-0.2, 0) is 16.0 Å². The van der Waals surface area contributed by atoms with Gasteiger partial charge in [0.25, 0.3) is 0 Å². The molecular weight excluding hydrogens is 278 g/mol. The van der Waals surface area contributed by atoms with Crippen LogP contribution in [0.4, 0.5) is 0 Å². The number of hydrogen-bond acceptors (Lipinski definition) is 2. The molecule has 0 spiro atoms. The minimum atomic E-state index is -1.21. The molecule has 0 saturated carbocycles. The van der Waals surface area contributed by atoms with Crippen LogP contribution in [0.3, 0.4) is 0 Å². The number of carbonyl (C=O) groups is 2. The average Bonchev–Trinajstić information content (AvgIpc) is 2.47. The zero-order valence-electron chi connectivity index (χ0n) is 12.9. The van der Waals surface area contributed by atoms with Crippen molar-refractivity contribution in [2.24, 2.45) is 0 Å². The van der Waals surface area contributed by atoms with Gasteiger partial charge in [-0.05, 0) is 29.7 Å². The van der Waals surface area contributed by atoms with E-state index < -0.39 is 11.5 Å². The summed E-state index contributed by atoms with van der Waals surface area (Å²) in [7, 11) is 0. The van der Waals surface area contributed by atoms with Crippen molar-refractivity contribution in [3.8, 4) is 0 Å². The van der Waals surface area contributed by atoms with Crippen LogP contribution >= 0.6 is 0 Å². The van der Waals surface area contributed by atoms with Gasteiger partial charge in [0, 0.05) is 0 Å². The lowest BCUT2D eigenvalue weighted by Crippen LogP contribution is -2.52. The number of amides is 1. The molecule has 0 fully saturated rings. The average molecular weight is 299 g/mol. The Bertz CT molecular complexity index is 690. The lowest BCUT2D eigenvalue weighted by atomic mass is 9.95. The summed E-state index contributed by atoms with van der Waals surface area (Å²) < 4.78 is 0. The van der Waals surface area contributed by atoms with E-state index in [9.17, 15) is 14.7 Å². The Morgan fingerprint density at radius 3 is 2.50 bits per heavy atom. The molecule has 0 aliphatic rings. The number of carboxylic acids is 1. The van der Waals surface area contributed by atoms with Gasteiger partial charge in [0.1, 0.15) is 5.54 Å². The van der Waals surface area contributed by atoms with E-state index in [1.165, 1.54) is 0 Å². The van der Waals surface area contributed by atoms with Gasteiger partial charge in [-0.15, -0.1) is 0 Å². The molecule has 1 atom stereocenters. The molecule has 4 nitrogen and oxygen atoms in total. The number of carboxylic acid groups (broad SMARTS) is 1. The van der Waals surface area contributed by atoms with Gasteiger partial charge in [0.15, 0.2) is 0 Å². The zero-order valence-corrected chi connectivity index (χ0v) is 12.9. The van der Waals surface area contributed by atoms with Gasteiger partial charge in [-0.2, -0.15) is 0 Å². The smallest absolute Gasteiger partial charge is 0.329 e. The number of benzene rings is 2. The van der Waals surface area contributed by atoms with Crippen LogP contribution in [0.2, 0.25) is 0 Å². The number of aliphatic carboxylic acids is 1. The largest absolute Gasteiger partial charge is 0.480 e. The van der Waals surface area contributed by atoms with Crippen LogP contribution in [0, 0.1) is 0 Å². The molecule has 4 heteroatoms. The van der Waals surface area contributed by atoms with E-state index >= 15 is 0 Å². The second-order valence-corrected chi connectivity index (χ2v) is 5.75. The molecule has 0 aromatic heterocycles. The van der Waals surface area contributed by atoms with Crippen molar-refractivity contribution in [3.05, 3.63) is 48.0 Å². The molecule has 0 bridgehead atoms. The Balaban J connectivity index is 2.19. The first-order chi connectivity index (χ1) is 10.5. The van der Waals surface area contributed by atoms with E-state index in [2.05, 4.69) is 5.32 Å². The van der Waals surface area contributed by atoms with Gasteiger partial charge in [-0.1, -0.05) is 55.8 Å². The molecule has 0 aliphatic carbocycles. The fourth-order valence-electron chi connectivity index (χ4n) is 2.69. The van der Waals surface area contributed by atoms with Crippen LogP contribution in [0.15, 0.2) is 42.5 Å². The van der Waals surface area contributed by atoms with Crippen molar-refractivity contribution in [3.63, 3.8) is 0 Å². The predicted molar refractivity (Wildman–Crippen MR) is 86.7 cm³/mol. The normalized spacial score (nSPS) is 13.5. The molecule has 1 unspecified atom stereocenters. The van der Waals surface area contributed by atoms with Crippen molar-refractivity contribution in [1.29, 1.82) is 0 Å². The van der Waals surface area contributed by atoms with E-state index in [1.54, 1.807) is 6.92 Å². The summed E-state index contributed by atoms with van der Waals surface area (Å²) in [6.07, 6.45) is 1.27. The van der Waals surface area contributed by atoms with E-state index in [0.717, 1.165) is 16.3 Å². The summed E-state index contributed by atoms with van der Waals surface area (Å²) in [6, 6.07) is 13.7. The zero-order chi connectivity index (χ0) is 16.2. The number of rotatable bonds is 6. The molecule has 2 aromatic rings. The lowest BCUT2D eigenvalue weighted by molar-refractivity contribution is -0.147. The van der Waals surface area contributed by atoms with Crippen molar-refractivity contribution >= 4 is 22.6 Å².